The maximum Gasteiger partial charge on any atom is 0.171 e. The molecule has 0 atom stereocenters. The zero-order chi connectivity index (χ0) is 15.1. The summed E-state index contributed by atoms with van der Waals surface area (Å²) < 4.78 is 6.97. The van der Waals surface area contributed by atoms with Crippen molar-refractivity contribution < 1.29 is 4.74 Å². The first kappa shape index (κ1) is 13.7. The fraction of sp³-hybridized carbons (Fsp3) is 0. The SMILES string of the molecule is Clc1ccc(Br)c2c1Oc1ccccc1N2c1ccccc1. The number of benzene rings is 3. The normalized spacial score (nSPS) is 12.4. The van der Waals surface area contributed by atoms with Crippen LogP contribution in [-0.2, 0) is 0 Å². The van der Waals surface area contributed by atoms with Gasteiger partial charge in [-0.05, 0) is 52.3 Å². The topological polar surface area (TPSA) is 12.5 Å². The van der Waals surface area contributed by atoms with E-state index in [0.29, 0.717) is 10.8 Å². The Labute approximate surface area is 142 Å². The average Bonchev–Trinajstić information content (AvgIpc) is 2.57. The lowest BCUT2D eigenvalue weighted by molar-refractivity contribution is 0.477. The molecule has 0 bridgehead atoms. The first-order valence-corrected chi connectivity index (χ1v) is 8.03. The molecule has 1 aliphatic rings. The van der Waals surface area contributed by atoms with Gasteiger partial charge in [0.15, 0.2) is 11.5 Å². The van der Waals surface area contributed by atoms with E-state index < -0.39 is 0 Å². The van der Waals surface area contributed by atoms with Crippen LogP contribution < -0.4 is 9.64 Å². The van der Waals surface area contributed by atoms with Gasteiger partial charge in [0, 0.05) is 10.2 Å². The summed E-state index contributed by atoms with van der Waals surface area (Å²) in [5.74, 6) is 1.46. The van der Waals surface area contributed by atoms with Gasteiger partial charge in [-0.3, -0.25) is 0 Å². The van der Waals surface area contributed by atoms with Crippen molar-refractivity contribution in [1.82, 2.24) is 0 Å². The number of nitrogens with zero attached hydrogens (tertiary/aromatic N) is 1. The number of hydrogen-bond acceptors (Lipinski definition) is 2. The van der Waals surface area contributed by atoms with Crippen LogP contribution in [0.4, 0.5) is 17.1 Å². The summed E-state index contributed by atoms with van der Waals surface area (Å²) in [6.07, 6.45) is 0. The third-order valence-electron chi connectivity index (χ3n) is 3.59. The van der Waals surface area contributed by atoms with Gasteiger partial charge in [-0.2, -0.15) is 0 Å². The highest BCUT2D eigenvalue weighted by Crippen LogP contribution is 2.55. The van der Waals surface area contributed by atoms with Gasteiger partial charge in [-0.15, -0.1) is 0 Å². The van der Waals surface area contributed by atoms with Crippen LogP contribution in [0.5, 0.6) is 11.5 Å². The molecule has 0 aliphatic carbocycles. The maximum absolute atomic E-state index is 6.36. The summed E-state index contributed by atoms with van der Waals surface area (Å²) >= 11 is 9.99. The Morgan fingerprint density at radius 3 is 2.41 bits per heavy atom. The van der Waals surface area contributed by atoms with E-state index in [1.807, 2.05) is 54.6 Å². The van der Waals surface area contributed by atoms with E-state index in [4.69, 9.17) is 16.3 Å². The highest BCUT2D eigenvalue weighted by molar-refractivity contribution is 9.10. The summed E-state index contributed by atoms with van der Waals surface area (Å²) in [6.45, 7) is 0. The molecule has 0 radical (unpaired) electrons. The minimum atomic E-state index is 0.591. The number of ether oxygens (including phenoxy) is 1. The fourth-order valence-corrected chi connectivity index (χ4v) is 3.31. The maximum atomic E-state index is 6.36. The second kappa shape index (κ2) is 5.34. The number of para-hydroxylation sites is 3. The lowest BCUT2D eigenvalue weighted by Gasteiger charge is -2.34. The summed E-state index contributed by atoms with van der Waals surface area (Å²) in [7, 11) is 0. The molecule has 1 heterocycles. The lowest BCUT2D eigenvalue weighted by Crippen LogP contribution is -2.16. The Morgan fingerprint density at radius 2 is 1.59 bits per heavy atom. The van der Waals surface area contributed by atoms with Gasteiger partial charge in [0.1, 0.15) is 5.69 Å². The smallest absolute Gasteiger partial charge is 0.171 e. The van der Waals surface area contributed by atoms with Crippen molar-refractivity contribution in [3.63, 3.8) is 0 Å². The molecule has 2 nitrogen and oxygen atoms in total. The number of hydrogen-bond donors (Lipinski definition) is 0. The molecule has 0 saturated heterocycles. The molecule has 0 aromatic heterocycles. The molecule has 0 unspecified atom stereocenters. The van der Waals surface area contributed by atoms with Crippen molar-refractivity contribution in [3.8, 4) is 11.5 Å². The molecule has 0 amide bonds. The number of rotatable bonds is 1. The first-order chi connectivity index (χ1) is 10.8. The zero-order valence-corrected chi connectivity index (χ0v) is 13.8. The molecule has 0 spiro atoms. The third kappa shape index (κ3) is 2.09. The van der Waals surface area contributed by atoms with E-state index in [9.17, 15) is 0 Å². The fourth-order valence-electron chi connectivity index (χ4n) is 2.63. The van der Waals surface area contributed by atoms with Gasteiger partial charge in [-0.25, -0.2) is 0 Å². The van der Waals surface area contributed by atoms with Crippen LogP contribution in [0.15, 0.2) is 71.2 Å². The Kier molecular flexibility index (Phi) is 3.32. The molecule has 4 rings (SSSR count). The quantitative estimate of drug-likeness (QED) is 0.369. The van der Waals surface area contributed by atoms with Crippen LogP contribution in [-0.4, -0.2) is 0 Å². The van der Waals surface area contributed by atoms with Crippen molar-refractivity contribution >= 4 is 44.6 Å². The summed E-state index contributed by atoms with van der Waals surface area (Å²) in [4.78, 5) is 2.16. The van der Waals surface area contributed by atoms with E-state index in [-0.39, 0.29) is 0 Å². The summed E-state index contributed by atoms with van der Waals surface area (Å²) in [6, 6.07) is 21.9. The van der Waals surface area contributed by atoms with Gasteiger partial charge in [-0.1, -0.05) is 41.9 Å². The van der Waals surface area contributed by atoms with Gasteiger partial charge < -0.3 is 9.64 Å². The second-order valence-electron chi connectivity index (χ2n) is 4.95. The van der Waals surface area contributed by atoms with Gasteiger partial charge in [0.2, 0.25) is 0 Å². The molecule has 22 heavy (non-hydrogen) atoms. The van der Waals surface area contributed by atoms with Gasteiger partial charge in [0.05, 0.1) is 10.7 Å². The predicted octanol–water partition coefficient (Wildman–Crippen LogP) is 6.68. The highest BCUT2D eigenvalue weighted by atomic mass is 79.9. The van der Waals surface area contributed by atoms with Crippen LogP contribution in [0.1, 0.15) is 0 Å². The van der Waals surface area contributed by atoms with Crippen molar-refractivity contribution in [2.75, 3.05) is 4.90 Å². The summed E-state index contributed by atoms with van der Waals surface area (Å²) in [5, 5.41) is 0.591. The molecule has 0 saturated carbocycles. The van der Waals surface area contributed by atoms with Crippen LogP contribution in [0.25, 0.3) is 0 Å². The third-order valence-corrected chi connectivity index (χ3v) is 4.53. The van der Waals surface area contributed by atoms with Crippen LogP contribution >= 0.6 is 27.5 Å². The van der Waals surface area contributed by atoms with Crippen LogP contribution in [0.2, 0.25) is 5.02 Å². The number of fused-ring (bicyclic) bond motifs is 2. The minimum Gasteiger partial charge on any atom is -0.451 e. The van der Waals surface area contributed by atoms with Gasteiger partial charge >= 0.3 is 0 Å². The molecule has 0 N–H and O–H groups in total. The first-order valence-electron chi connectivity index (χ1n) is 6.86. The summed E-state index contributed by atoms with van der Waals surface area (Å²) in [5.41, 5.74) is 2.96. The van der Waals surface area contributed by atoms with Gasteiger partial charge in [0.25, 0.3) is 0 Å². The molecular formula is C18H11BrClNO. The van der Waals surface area contributed by atoms with E-state index in [0.717, 1.165) is 27.3 Å². The van der Waals surface area contributed by atoms with E-state index in [1.54, 1.807) is 0 Å². The van der Waals surface area contributed by atoms with Crippen molar-refractivity contribution in [3.05, 3.63) is 76.2 Å². The molecule has 108 valence electrons. The number of halogens is 2. The predicted molar refractivity (Wildman–Crippen MR) is 93.9 cm³/mol. The Balaban J connectivity index is 2.04. The van der Waals surface area contributed by atoms with Crippen LogP contribution in [0.3, 0.4) is 0 Å². The Morgan fingerprint density at radius 1 is 0.864 bits per heavy atom. The second-order valence-corrected chi connectivity index (χ2v) is 6.21. The van der Waals surface area contributed by atoms with Crippen molar-refractivity contribution in [2.45, 2.75) is 0 Å². The average molecular weight is 373 g/mol. The molecule has 3 aromatic rings. The van der Waals surface area contributed by atoms with E-state index >= 15 is 0 Å². The minimum absolute atomic E-state index is 0.591. The molecule has 4 heteroatoms. The molecule has 0 fully saturated rings. The molecular weight excluding hydrogens is 362 g/mol. The van der Waals surface area contributed by atoms with Crippen molar-refractivity contribution in [1.29, 1.82) is 0 Å². The van der Waals surface area contributed by atoms with E-state index in [1.165, 1.54) is 0 Å². The van der Waals surface area contributed by atoms with E-state index in [2.05, 4.69) is 33.0 Å². The lowest BCUT2D eigenvalue weighted by atomic mass is 10.1. The highest BCUT2D eigenvalue weighted by Gasteiger charge is 2.29. The number of anilines is 3. The molecule has 1 aliphatic heterocycles. The Hall–Kier alpha value is -1.97. The monoisotopic (exact) mass is 371 g/mol. The Bertz CT molecular complexity index is 851. The zero-order valence-electron chi connectivity index (χ0n) is 11.5. The largest absolute Gasteiger partial charge is 0.451 e. The van der Waals surface area contributed by atoms with Crippen molar-refractivity contribution in [2.24, 2.45) is 0 Å². The standard InChI is InChI=1S/C18H11BrClNO/c19-13-10-11-14(20)18-17(13)21(12-6-2-1-3-7-12)15-8-4-5-9-16(15)22-18/h1-11H. The van der Waals surface area contributed by atoms with Crippen LogP contribution in [0, 0.1) is 0 Å². The molecule has 3 aromatic carbocycles.